The van der Waals surface area contributed by atoms with Crippen LogP contribution in [0.15, 0.2) is 18.5 Å². The average molecular weight is 370 g/mol. The highest BCUT2D eigenvalue weighted by Gasteiger charge is 2.36. The van der Waals surface area contributed by atoms with Gasteiger partial charge in [-0.25, -0.2) is 4.39 Å². The number of rotatable bonds is 5. The monoisotopic (exact) mass is 370 g/mol. The summed E-state index contributed by atoms with van der Waals surface area (Å²) < 4.78 is 19.0. The van der Waals surface area contributed by atoms with Crippen molar-refractivity contribution in [3.63, 3.8) is 0 Å². The molecule has 142 valence electrons. The lowest BCUT2D eigenvalue weighted by Gasteiger charge is -2.30. The van der Waals surface area contributed by atoms with Gasteiger partial charge in [0, 0.05) is 12.1 Å². The van der Waals surface area contributed by atoms with Crippen LogP contribution in [-0.4, -0.2) is 46.6 Å². The summed E-state index contributed by atoms with van der Waals surface area (Å²) in [5.74, 6) is 2.52. The van der Waals surface area contributed by atoms with Crippen LogP contribution < -0.4 is 10.1 Å². The number of aromatic nitrogens is 1. The molecule has 6 nitrogen and oxygen atoms in total. The molecular weight excluding hydrogens is 347 g/mol. The molecule has 0 radical (unpaired) electrons. The van der Waals surface area contributed by atoms with Crippen molar-refractivity contribution in [2.75, 3.05) is 6.54 Å². The number of amides is 1. The first-order chi connectivity index (χ1) is 13.1. The van der Waals surface area contributed by atoms with Crippen LogP contribution in [0.25, 0.3) is 0 Å². The lowest BCUT2D eigenvalue weighted by Crippen LogP contribution is -2.47. The summed E-state index contributed by atoms with van der Waals surface area (Å²) in [6.45, 7) is 0.181. The first-order valence-corrected chi connectivity index (χ1v) is 9.28. The lowest BCUT2D eigenvalue weighted by atomic mass is 9.93. The Kier molecular flexibility index (Phi) is 6.26. The van der Waals surface area contributed by atoms with Gasteiger partial charge in [0.1, 0.15) is 17.6 Å². The van der Waals surface area contributed by atoms with Crippen LogP contribution in [0.3, 0.4) is 0 Å². The summed E-state index contributed by atoms with van der Waals surface area (Å²) in [5, 5.41) is 12.5. The van der Waals surface area contributed by atoms with Gasteiger partial charge >= 0.3 is 0 Å². The summed E-state index contributed by atoms with van der Waals surface area (Å²) >= 11 is 0. The van der Waals surface area contributed by atoms with E-state index in [4.69, 9.17) is 11.2 Å². The summed E-state index contributed by atoms with van der Waals surface area (Å²) in [5.41, 5.74) is 0. The second-order valence-corrected chi connectivity index (χ2v) is 7.02. The van der Waals surface area contributed by atoms with Gasteiger partial charge < -0.3 is 15.0 Å². The molecule has 2 atom stereocenters. The molecule has 2 aliphatic rings. The Bertz CT molecular complexity index is 727. The maximum Gasteiger partial charge on any atom is 0.238 e. The third kappa shape index (κ3) is 4.75. The van der Waals surface area contributed by atoms with Crippen LogP contribution in [0.2, 0.25) is 0 Å². The molecule has 7 heteroatoms. The fraction of sp³-hybridized carbons (Fsp3) is 0.550. The summed E-state index contributed by atoms with van der Waals surface area (Å²) in [4.78, 5) is 17.8. The Balaban J connectivity index is 1.43. The minimum atomic E-state index is -0.427. The number of ether oxygens (including phenoxy) is 1. The molecule has 3 rings (SSSR count). The number of likely N-dealkylation sites (tertiary alicyclic amines) is 1. The zero-order valence-corrected chi connectivity index (χ0v) is 15.1. The molecule has 1 amide bonds. The van der Waals surface area contributed by atoms with Crippen LogP contribution in [0.1, 0.15) is 38.5 Å². The maximum absolute atomic E-state index is 13.2. The largest absolute Gasteiger partial charge is 0.489 e. The van der Waals surface area contributed by atoms with Gasteiger partial charge in [-0.3, -0.25) is 9.78 Å². The zero-order chi connectivity index (χ0) is 19.2. The van der Waals surface area contributed by atoms with Gasteiger partial charge in [-0.05, 0) is 38.5 Å². The van der Waals surface area contributed by atoms with Crippen molar-refractivity contribution in [3.05, 3.63) is 24.3 Å². The van der Waals surface area contributed by atoms with Gasteiger partial charge in [-0.15, -0.1) is 6.42 Å². The SMILES string of the molecule is C#C[C@@H]1CC[C@@H](C#N)N1C(=O)CNC1CCC(Oc2cncc(F)c2)CC1. The van der Waals surface area contributed by atoms with Crippen molar-refractivity contribution in [2.24, 2.45) is 0 Å². The van der Waals surface area contributed by atoms with E-state index in [-0.39, 0.29) is 30.6 Å². The van der Waals surface area contributed by atoms with E-state index in [2.05, 4.69) is 22.3 Å². The third-order valence-corrected chi connectivity index (χ3v) is 5.21. The molecule has 0 bridgehead atoms. The molecule has 0 aromatic carbocycles. The molecular formula is C20H23FN4O2. The van der Waals surface area contributed by atoms with Gasteiger partial charge in [0.2, 0.25) is 5.91 Å². The third-order valence-electron chi connectivity index (χ3n) is 5.21. The number of hydrogen-bond donors (Lipinski definition) is 1. The topological polar surface area (TPSA) is 78.2 Å². The van der Waals surface area contributed by atoms with Crippen LogP contribution >= 0.6 is 0 Å². The van der Waals surface area contributed by atoms with Gasteiger partial charge in [-0.2, -0.15) is 5.26 Å². The van der Waals surface area contributed by atoms with Gasteiger partial charge in [0.15, 0.2) is 0 Å². The van der Waals surface area contributed by atoms with E-state index < -0.39 is 11.9 Å². The van der Waals surface area contributed by atoms with Crippen molar-refractivity contribution in [2.45, 2.75) is 62.8 Å². The first kappa shape index (κ1) is 19.1. The number of carbonyl (C=O) groups excluding carboxylic acids is 1. The van der Waals surface area contributed by atoms with E-state index in [1.807, 2.05) is 0 Å². The van der Waals surface area contributed by atoms with Crippen LogP contribution in [0.4, 0.5) is 4.39 Å². The Morgan fingerprint density at radius 2 is 2.04 bits per heavy atom. The Labute approximate surface area is 158 Å². The van der Waals surface area contributed by atoms with E-state index in [1.165, 1.54) is 12.3 Å². The molecule has 0 spiro atoms. The van der Waals surface area contributed by atoms with Gasteiger partial charge in [0.05, 0.1) is 37.2 Å². The molecule has 2 fully saturated rings. The molecule has 0 unspecified atom stereocenters. The molecule has 2 heterocycles. The van der Waals surface area contributed by atoms with Gasteiger partial charge in [-0.1, -0.05) is 5.92 Å². The van der Waals surface area contributed by atoms with E-state index in [1.54, 1.807) is 4.90 Å². The standard InChI is InChI=1S/C20H23FN4O2/c1-2-16-5-6-17(10-22)25(16)20(26)13-24-15-3-7-18(8-4-15)27-19-9-14(21)11-23-12-19/h1,9,11-12,15-18,24H,3-8,13H2/t15?,16-,17+,18?/m1/s1. The lowest BCUT2D eigenvalue weighted by molar-refractivity contribution is -0.131. The molecule has 1 N–H and O–H groups in total. The maximum atomic E-state index is 13.2. The predicted molar refractivity (Wildman–Crippen MR) is 97.0 cm³/mol. The number of terminal acetylenes is 1. The van der Waals surface area contributed by atoms with Crippen LogP contribution in [0.5, 0.6) is 5.75 Å². The molecule has 1 saturated carbocycles. The fourth-order valence-corrected chi connectivity index (χ4v) is 3.81. The highest BCUT2D eigenvalue weighted by Crippen LogP contribution is 2.25. The summed E-state index contributed by atoms with van der Waals surface area (Å²) in [6, 6.07) is 3.00. The quantitative estimate of drug-likeness (QED) is 0.803. The first-order valence-electron chi connectivity index (χ1n) is 9.28. The molecule has 1 aliphatic heterocycles. The van der Waals surface area contributed by atoms with Crippen molar-refractivity contribution in [1.29, 1.82) is 5.26 Å². The fourth-order valence-electron chi connectivity index (χ4n) is 3.81. The predicted octanol–water partition coefficient (Wildman–Crippen LogP) is 2.02. The number of nitriles is 1. The molecule has 1 aromatic heterocycles. The van der Waals surface area contributed by atoms with Crippen molar-refractivity contribution in [3.8, 4) is 24.2 Å². The van der Waals surface area contributed by atoms with Crippen molar-refractivity contribution in [1.82, 2.24) is 15.2 Å². The van der Waals surface area contributed by atoms with E-state index >= 15 is 0 Å². The molecule has 1 aromatic rings. The number of carbonyl (C=O) groups is 1. The van der Waals surface area contributed by atoms with Crippen LogP contribution in [0, 0.1) is 29.5 Å². The highest BCUT2D eigenvalue weighted by atomic mass is 19.1. The molecule has 1 aliphatic carbocycles. The second-order valence-electron chi connectivity index (χ2n) is 7.02. The Hall–Kier alpha value is -2.64. The number of nitrogens with zero attached hydrogens (tertiary/aromatic N) is 3. The number of halogens is 1. The zero-order valence-electron chi connectivity index (χ0n) is 15.1. The van der Waals surface area contributed by atoms with Crippen molar-refractivity contribution >= 4 is 5.91 Å². The van der Waals surface area contributed by atoms with E-state index in [9.17, 15) is 14.4 Å². The van der Waals surface area contributed by atoms with E-state index in [0.29, 0.717) is 18.6 Å². The molecule has 27 heavy (non-hydrogen) atoms. The van der Waals surface area contributed by atoms with E-state index in [0.717, 1.165) is 31.9 Å². The normalized spacial score (nSPS) is 27.6. The average Bonchev–Trinajstić information content (AvgIpc) is 3.10. The summed E-state index contributed by atoms with van der Waals surface area (Å²) in [7, 11) is 0. The Morgan fingerprint density at radius 3 is 2.70 bits per heavy atom. The second kappa shape index (κ2) is 8.83. The Morgan fingerprint density at radius 1 is 1.30 bits per heavy atom. The highest BCUT2D eigenvalue weighted by molar-refractivity contribution is 5.80. The number of pyridine rings is 1. The van der Waals surface area contributed by atoms with Crippen molar-refractivity contribution < 1.29 is 13.9 Å². The van der Waals surface area contributed by atoms with Gasteiger partial charge in [0.25, 0.3) is 0 Å². The number of hydrogen-bond acceptors (Lipinski definition) is 5. The minimum Gasteiger partial charge on any atom is -0.489 e. The molecule has 1 saturated heterocycles. The number of nitrogens with one attached hydrogen (secondary N) is 1. The van der Waals surface area contributed by atoms with Crippen LogP contribution in [-0.2, 0) is 4.79 Å². The summed E-state index contributed by atoms with van der Waals surface area (Å²) in [6.07, 6.45) is 12.8. The minimum absolute atomic E-state index is 0.0229. The smallest absolute Gasteiger partial charge is 0.238 e.